The van der Waals surface area contributed by atoms with Crippen molar-refractivity contribution in [3.63, 3.8) is 0 Å². The maximum atomic E-state index is 14.1. The van der Waals surface area contributed by atoms with E-state index in [1.165, 1.54) is 30.9 Å². The van der Waals surface area contributed by atoms with E-state index in [2.05, 4.69) is 27.3 Å². The quantitative estimate of drug-likeness (QED) is 0.178. The molecule has 254 valence electrons. The number of nitrogens with one attached hydrogen (secondary N) is 2. The molecule has 0 atom stereocenters. The van der Waals surface area contributed by atoms with Crippen LogP contribution in [-0.4, -0.2) is 59.9 Å². The average molecular weight is 664 g/mol. The minimum Gasteiger partial charge on any atom is -0.497 e. The molecule has 10 nitrogen and oxygen atoms in total. The van der Waals surface area contributed by atoms with Gasteiger partial charge in [-0.15, -0.1) is 0 Å². The van der Waals surface area contributed by atoms with Crippen LogP contribution >= 0.6 is 0 Å². The second-order valence-electron chi connectivity index (χ2n) is 13.1. The number of ether oxygens (including phenoxy) is 3. The lowest BCUT2D eigenvalue weighted by molar-refractivity contribution is -0.131. The summed E-state index contributed by atoms with van der Waals surface area (Å²) in [6.45, 7) is 1.80. The molecule has 7 rings (SSSR count). The number of carboxylic acids is 1. The Balaban J connectivity index is 1.21. The number of amides is 2. The maximum absolute atomic E-state index is 14.1. The number of hydrogen-bond acceptors (Lipinski definition) is 6. The molecule has 4 aromatic rings. The van der Waals surface area contributed by atoms with Crippen molar-refractivity contribution in [2.75, 3.05) is 32.2 Å². The van der Waals surface area contributed by atoms with Gasteiger partial charge in [0.2, 0.25) is 5.91 Å². The topological polar surface area (TPSA) is 128 Å². The van der Waals surface area contributed by atoms with Crippen LogP contribution in [0.2, 0.25) is 0 Å². The third kappa shape index (κ3) is 6.53. The number of rotatable bonds is 8. The summed E-state index contributed by atoms with van der Waals surface area (Å²) in [5.74, 6) is 0.285. The summed E-state index contributed by atoms with van der Waals surface area (Å²) in [5, 5.41) is 16.1. The van der Waals surface area contributed by atoms with Gasteiger partial charge in [-0.25, -0.2) is 4.79 Å². The fraction of sp³-hybridized carbons (Fsp3) is 0.359. The molecule has 3 N–H and O–H groups in total. The van der Waals surface area contributed by atoms with Crippen molar-refractivity contribution in [3.05, 3.63) is 83.4 Å². The van der Waals surface area contributed by atoms with Crippen molar-refractivity contribution >= 4 is 40.4 Å². The maximum Gasteiger partial charge on any atom is 0.328 e. The predicted molar refractivity (Wildman–Crippen MR) is 187 cm³/mol. The Morgan fingerprint density at radius 1 is 0.959 bits per heavy atom. The Bertz CT molecular complexity index is 1920. The monoisotopic (exact) mass is 663 g/mol. The van der Waals surface area contributed by atoms with Crippen LogP contribution in [0.15, 0.2) is 66.7 Å². The molecule has 3 aromatic carbocycles. The molecule has 0 radical (unpaired) electrons. The van der Waals surface area contributed by atoms with Crippen LogP contribution in [0.4, 0.5) is 5.69 Å². The number of fused-ring (bicyclic) bond motifs is 5. The zero-order chi connectivity index (χ0) is 34.0. The number of aliphatic carboxylic acids is 1. The third-order valence-electron chi connectivity index (χ3n) is 10.1. The van der Waals surface area contributed by atoms with Crippen molar-refractivity contribution in [3.8, 4) is 22.8 Å². The second-order valence-corrected chi connectivity index (χ2v) is 13.1. The summed E-state index contributed by atoms with van der Waals surface area (Å²) in [5.41, 5.74) is 5.04. The summed E-state index contributed by atoms with van der Waals surface area (Å²) in [6.07, 6.45) is 9.10. The summed E-state index contributed by atoms with van der Waals surface area (Å²) in [4.78, 5) is 38.8. The molecule has 1 aliphatic carbocycles. The number of nitrogens with zero attached hydrogens (tertiary/aromatic N) is 1. The second kappa shape index (κ2) is 13.8. The standard InChI is InChI=1S/C39H41N3O7/c1-47-29-13-15-31-33(24-29)49-22-19-42-32-23-27(10-14-30(32)35(36(31)42)26-5-3-2-4-6-26)37(45)41-39(17-20-48-21-18-39)38(46)40-28-11-7-25(8-12-28)9-16-34(43)44/h7-16,23-24,26H,2-6,17-22H2,1H3,(H,40,46)(H,41,45)(H,43,44)/b16-9+. The lowest BCUT2D eigenvalue weighted by Gasteiger charge is -2.36. The molecule has 1 aromatic heterocycles. The number of carbonyl (C=O) groups excluding carboxylic acids is 2. The Morgan fingerprint density at radius 3 is 2.47 bits per heavy atom. The third-order valence-corrected chi connectivity index (χ3v) is 10.1. The van der Waals surface area contributed by atoms with E-state index in [4.69, 9.17) is 19.3 Å². The van der Waals surface area contributed by atoms with Gasteiger partial charge in [-0.3, -0.25) is 9.59 Å². The Kier molecular flexibility index (Phi) is 9.14. The first-order valence-electron chi connectivity index (χ1n) is 17.1. The summed E-state index contributed by atoms with van der Waals surface area (Å²) >= 11 is 0. The van der Waals surface area contributed by atoms with Crippen molar-refractivity contribution in [1.82, 2.24) is 9.88 Å². The van der Waals surface area contributed by atoms with E-state index in [0.717, 1.165) is 52.6 Å². The van der Waals surface area contributed by atoms with Gasteiger partial charge in [0.05, 0.1) is 19.3 Å². The van der Waals surface area contributed by atoms with Crippen LogP contribution < -0.4 is 20.1 Å². The number of aromatic nitrogens is 1. The van der Waals surface area contributed by atoms with Crippen molar-refractivity contribution in [1.29, 1.82) is 0 Å². The molecular weight excluding hydrogens is 622 g/mol. The van der Waals surface area contributed by atoms with Crippen molar-refractivity contribution in [2.45, 2.75) is 62.9 Å². The summed E-state index contributed by atoms with van der Waals surface area (Å²) in [7, 11) is 1.66. The van der Waals surface area contributed by atoms with E-state index in [-0.39, 0.29) is 11.8 Å². The summed E-state index contributed by atoms with van der Waals surface area (Å²) in [6, 6.07) is 18.8. The van der Waals surface area contributed by atoms with Crippen LogP contribution in [0, 0.1) is 0 Å². The highest BCUT2D eigenvalue weighted by Gasteiger charge is 2.42. The SMILES string of the molecule is COc1ccc2c(c1)OCCn1c-2c(C2CCCCC2)c2ccc(C(=O)NC3(C(=O)Nc4ccc(/C=C/C(=O)O)cc4)CCOCC3)cc21. The smallest absolute Gasteiger partial charge is 0.328 e. The minimum atomic E-state index is -1.17. The van der Waals surface area contributed by atoms with Crippen LogP contribution in [-0.2, 0) is 20.9 Å². The van der Waals surface area contributed by atoms with Crippen molar-refractivity contribution in [2.24, 2.45) is 0 Å². The van der Waals surface area contributed by atoms with Crippen molar-refractivity contribution < 1.29 is 33.7 Å². The Labute approximate surface area is 285 Å². The molecule has 2 amide bonds. The van der Waals surface area contributed by atoms with Crippen LogP contribution in [0.1, 0.15) is 72.3 Å². The Morgan fingerprint density at radius 2 is 1.73 bits per heavy atom. The summed E-state index contributed by atoms with van der Waals surface area (Å²) < 4.78 is 19.7. The lowest BCUT2D eigenvalue weighted by Crippen LogP contribution is -2.59. The molecule has 1 saturated carbocycles. The molecular formula is C39H41N3O7. The van der Waals surface area contributed by atoms with E-state index in [1.54, 1.807) is 31.4 Å². The van der Waals surface area contributed by atoms with Crippen LogP contribution in [0.3, 0.4) is 0 Å². The highest BCUT2D eigenvalue weighted by Crippen LogP contribution is 2.47. The first-order chi connectivity index (χ1) is 23.8. The fourth-order valence-corrected chi connectivity index (χ4v) is 7.55. The number of hydrogen-bond donors (Lipinski definition) is 3. The first-order valence-corrected chi connectivity index (χ1v) is 17.1. The molecule has 0 unspecified atom stereocenters. The van der Waals surface area contributed by atoms with E-state index in [9.17, 15) is 14.4 Å². The highest BCUT2D eigenvalue weighted by molar-refractivity contribution is 6.06. The van der Waals surface area contributed by atoms with Crippen LogP contribution in [0.25, 0.3) is 28.2 Å². The van der Waals surface area contributed by atoms with E-state index in [1.807, 2.05) is 24.3 Å². The largest absolute Gasteiger partial charge is 0.497 e. The number of carbonyl (C=O) groups is 3. The van der Waals surface area contributed by atoms with Gasteiger partial charge in [0.25, 0.3) is 5.91 Å². The van der Waals surface area contributed by atoms with Gasteiger partial charge in [0, 0.05) is 65.9 Å². The van der Waals surface area contributed by atoms with E-state index < -0.39 is 11.5 Å². The average Bonchev–Trinajstić information content (AvgIpc) is 3.32. The van der Waals surface area contributed by atoms with Gasteiger partial charge in [0.15, 0.2) is 0 Å². The fourth-order valence-electron chi connectivity index (χ4n) is 7.55. The Hall–Kier alpha value is -5.09. The van der Waals surface area contributed by atoms with E-state index in [0.29, 0.717) is 61.9 Å². The molecule has 49 heavy (non-hydrogen) atoms. The molecule has 0 spiro atoms. The van der Waals surface area contributed by atoms with Gasteiger partial charge in [0.1, 0.15) is 23.6 Å². The minimum absolute atomic E-state index is 0.320. The van der Waals surface area contributed by atoms with Gasteiger partial charge in [-0.1, -0.05) is 37.5 Å². The first kappa shape index (κ1) is 32.5. The number of benzene rings is 3. The molecule has 0 bridgehead atoms. The molecule has 3 aliphatic rings. The zero-order valence-corrected chi connectivity index (χ0v) is 27.6. The van der Waals surface area contributed by atoms with Gasteiger partial charge in [-0.2, -0.15) is 0 Å². The van der Waals surface area contributed by atoms with Gasteiger partial charge in [-0.05, 0) is 72.4 Å². The number of carboxylic acid groups (broad SMARTS) is 1. The van der Waals surface area contributed by atoms with Gasteiger partial charge < -0.3 is 34.5 Å². The molecule has 1 saturated heterocycles. The zero-order valence-electron chi connectivity index (χ0n) is 27.6. The molecule has 10 heteroatoms. The van der Waals surface area contributed by atoms with Crippen LogP contribution in [0.5, 0.6) is 11.5 Å². The lowest BCUT2D eigenvalue weighted by atomic mass is 9.81. The molecule has 2 aliphatic heterocycles. The van der Waals surface area contributed by atoms with E-state index >= 15 is 0 Å². The highest BCUT2D eigenvalue weighted by atomic mass is 16.5. The molecule has 3 heterocycles. The number of anilines is 1. The van der Waals surface area contributed by atoms with Gasteiger partial charge >= 0.3 is 5.97 Å². The molecule has 2 fully saturated rings. The predicted octanol–water partition coefficient (Wildman–Crippen LogP) is 6.77. The number of methoxy groups -OCH3 is 1. The normalized spacial score (nSPS) is 17.4.